The fourth-order valence-corrected chi connectivity index (χ4v) is 4.60. The summed E-state index contributed by atoms with van der Waals surface area (Å²) in [5, 5.41) is 3.83. The smallest absolute Gasteiger partial charge is 0.238 e. The van der Waals surface area contributed by atoms with Crippen molar-refractivity contribution in [2.75, 3.05) is 25.4 Å². The Balaban J connectivity index is 1.33. The number of hydrogen-bond donors (Lipinski definition) is 0. The second kappa shape index (κ2) is 6.89. The molecule has 144 valence electrons. The topological polar surface area (TPSA) is 127 Å². The number of hydrogen-bond acceptors (Lipinski definition) is 8. The molecule has 4 rings (SSSR count). The van der Waals surface area contributed by atoms with E-state index in [2.05, 4.69) is 10.1 Å². The van der Waals surface area contributed by atoms with Crippen molar-refractivity contribution in [1.82, 2.24) is 19.3 Å². The summed E-state index contributed by atoms with van der Waals surface area (Å²) in [6.07, 6.45) is 2.60. The second-order valence-corrected chi connectivity index (χ2v) is 8.64. The largest absolute Gasteiger partial charge is 0.461 e. The summed E-state index contributed by atoms with van der Waals surface area (Å²) >= 11 is 0. The maximum atomic E-state index is 12.4. The molecule has 0 aromatic carbocycles. The summed E-state index contributed by atoms with van der Waals surface area (Å²) in [4.78, 5) is 28.8. The molecule has 0 atom stereocenters. The van der Waals surface area contributed by atoms with Crippen molar-refractivity contribution < 1.29 is 26.9 Å². The van der Waals surface area contributed by atoms with Gasteiger partial charge in [-0.2, -0.15) is 4.98 Å². The first kappa shape index (κ1) is 17.9. The first-order chi connectivity index (χ1) is 12.9. The van der Waals surface area contributed by atoms with Crippen molar-refractivity contribution in [1.29, 1.82) is 0 Å². The van der Waals surface area contributed by atoms with Crippen LogP contribution in [0.15, 0.2) is 27.3 Å². The average molecular weight is 394 g/mol. The highest BCUT2D eigenvalue weighted by molar-refractivity contribution is 7.89. The first-order valence-corrected chi connectivity index (χ1v) is 10.2. The van der Waals surface area contributed by atoms with Crippen molar-refractivity contribution >= 4 is 21.8 Å². The summed E-state index contributed by atoms with van der Waals surface area (Å²) in [5.41, 5.74) is 0. The van der Waals surface area contributed by atoms with Crippen LogP contribution >= 0.6 is 0 Å². The number of aromatic nitrogens is 2. The van der Waals surface area contributed by atoms with Crippen LogP contribution in [-0.2, 0) is 19.6 Å². The maximum Gasteiger partial charge on any atom is 0.238 e. The molecule has 27 heavy (non-hydrogen) atoms. The third-order valence-corrected chi connectivity index (χ3v) is 6.51. The predicted octanol–water partition coefficient (Wildman–Crippen LogP) is 0.598. The highest BCUT2D eigenvalue weighted by atomic mass is 32.2. The predicted molar refractivity (Wildman–Crippen MR) is 90.7 cm³/mol. The number of furan rings is 1. The highest BCUT2D eigenvalue weighted by Gasteiger charge is 2.40. The number of nitrogens with zero attached hydrogens (tertiary/aromatic N) is 4. The SMILES string of the molecule is O=C1CCCC(=O)N1CCS(=O)(=O)N1CC(c2nc(-c3ccco3)no2)C1. The highest BCUT2D eigenvalue weighted by Crippen LogP contribution is 2.30. The van der Waals surface area contributed by atoms with Crippen LogP contribution in [0.5, 0.6) is 0 Å². The minimum absolute atomic E-state index is 0.107. The Labute approximate surface area is 155 Å². The molecule has 2 aromatic rings. The Hall–Kier alpha value is -2.53. The van der Waals surface area contributed by atoms with E-state index in [4.69, 9.17) is 8.94 Å². The molecule has 0 bridgehead atoms. The van der Waals surface area contributed by atoms with Gasteiger partial charge >= 0.3 is 0 Å². The zero-order valence-corrected chi connectivity index (χ0v) is 15.2. The van der Waals surface area contributed by atoms with Gasteiger partial charge < -0.3 is 8.94 Å². The normalized spacial score (nSPS) is 19.5. The molecule has 2 aliphatic heterocycles. The molecule has 11 heteroatoms. The van der Waals surface area contributed by atoms with Gasteiger partial charge in [-0.15, -0.1) is 0 Å². The molecule has 2 aliphatic rings. The van der Waals surface area contributed by atoms with E-state index in [9.17, 15) is 18.0 Å². The van der Waals surface area contributed by atoms with E-state index in [-0.39, 0.29) is 56.0 Å². The lowest BCUT2D eigenvalue weighted by molar-refractivity contribution is -0.147. The molecule has 2 aromatic heterocycles. The van der Waals surface area contributed by atoms with E-state index in [1.54, 1.807) is 12.1 Å². The molecule has 10 nitrogen and oxygen atoms in total. The van der Waals surface area contributed by atoms with Crippen LogP contribution in [-0.4, -0.2) is 65.0 Å². The van der Waals surface area contributed by atoms with Crippen molar-refractivity contribution in [3.05, 3.63) is 24.3 Å². The van der Waals surface area contributed by atoms with E-state index in [0.717, 1.165) is 4.90 Å². The lowest BCUT2D eigenvalue weighted by atomic mass is 10.0. The third kappa shape index (κ3) is 3.52. The average Bonchev–Trinajstić information content (AvgIpc) is 3.24. The summed E-state index contributed by atoms with van der Waals surface area (Å²) in [6, 6.07) is 3.41. The van der Waals surface area contributed by atoms with Gasteiger partial charge in [-0.25, -0.2) is 12.7 Å². The van der Waals surface area contributed by atoms with Crippen molar-refractivity contribution in [3.63, 3.8) is 0 Å². The number of sulfonamides is 1. The molecule has 0 spiro atoms. The molecule has 2 saturated heterocycles. The number of carbonyl (C=O) groups is 2. The van der Waals surface area contributed by atoms with Crippen LogP contribution < -0.4 is 0 Å². The molecule has 2 amide bonds. The number of carbonyl (C=O) groups excluding carboxylic acids is 2. The molecule has 0 N–H and O–H groups in total. The third-order valence-electron chi connectivity index (χ3n) is 4.73. The minimum Gasteiger partial charge on any atom is -0.461 e. The van der Waals surface area contributed by atoms with Crippen LogP contribution in [0.25, 0.3) is 11.6 Å². The van der Waals surface area contributed by atoms with E-state index >= 15 is 0 Å². The van der Waals surface area contributed by atoms with Gasteiger partial charge in [-0.1, -0.05) is 5.16 Å². The van der Waals surface area contributed by atoms with Crippen LogP contribution in [0.1, 0.15) is 31.1 Å². The van der Waals surface area contributed by atoms with Crippen LogP contribution in [0.2, 0.25) is 0 Å². The van der Waals surface area contributed by atoms with Crippen molar-refractivity contribution in [2.24, 2.45) is 0 Å². The molecule has 4 heterocycles. The van der Waals surface area contributed by atoms with E-state index < -0.39 is 10.0 Å². The van der Waals surface area contributed by atoms with Crippen LogP contribution in [0.3, 0.4) is 0 Å². The number of amides is 2. The summed E-state index contributed by atoms with van der Waals surface area (Å²) in [6.45, 7) is 0.346. The molecule has 0 aliphatic carbocycles. The molecular weight excluding hydrogens is 376 g/mol. The number of likely N-dealkylation sites (tertiary alicyclic amines) is 1. The fraction of sp³-hybridized carbons (Fsp3) is 0.500. The van der Waals surface area contributed by atoms with Gasteiger partial charge in [0.1, 0.15) is 0 Å². The van der Waals surface area contributed by atoms with Gasteiger partial charge in [0.05, 0.1) is 17.9 Å². The Morgan fingerprint density at radius 1 is 1.19 bits per heavy atom. The van der Waals surface area contributed by atoms with Gasteiger partial charge in [-0.3, -0.25) is 14.5 Å². The Bertz CT molecular complexity index is 929. The molecule has 0 saturated carbocycles. The van der Waals surface area contributed by atoms with Crippen molar-refractivity contribution in [3.8, 4) is 11.6 Å². The van der Waals surface area contributed by atoms with Crippen LogP contribution in [0, 0.1) is 0 Å². The summed E-state index contributed by atoms with van der Waals surface area (Å²) in [7, 11) is -3.57. The lowest BCUT2D eigenvalue weighted by Crippen LogP contribution is -2.51. The van der Waals surface area contributed by atoms with E-state index in [1.165, 1.54) is 10.6 Å². The molecule has 0 unspecified atom stereocenters. The number of imide groups is 1. The Kier molecular flexibility index (Phi) is 4.56. The fourth-order valence-electron chi connectivity index (χ4n) is 3.11. The standard InChI is InChI=1S/C16H18N4O6S/c21-13-4-1-5-14(22)20(13)6-8-27(23,24)19-9-11(10-19)16-17-15(18-26-16)12-3-2-7-25-12/h2-3,7,11H,1,4-6,8-10H2. The van der Waals surface area contributed by atoms with Gasteiger partial charge in [0.15, 0.2) is 5.76 Å². The Morgan fingerprint density at radius 3 is 2.59 bits per heavy atom. The molecular formula is C16H18N4O6S. The van der Waals surface area contributed by atoms with Gasteiger partial charge in [0.25, 0.3) is 0 Å². The zero-order valence-electron chi connectivity index (χ0n) is 14.4. The van der Waals surface area contributed by atoms with Crippen molar-refractivity contribution in [2.45, 2.75) is 25.2 Å². The lowest BCUT2D eigenvalue weighted by Gasteiger charge is -2.36. The number of rotatable bonds is 6. The maximum absolute atomic E-state index is 12.4. The summed E-state index contributed by atoms with van der Waals surface area (Å²) < 4.78 is 36.6. The van der Waals surface area contributed by atoms with Crippen LogP contribution in [0.4, 0.5) is 0 Å². The zero-order chi connectivity index (χ0) is 19.0. The first-order valence-electron chi connectivity index (χ1n) is 8.62. The molecule has 2 fully saturated rings. The van der Waals surface area contributed by atoms with E-state index in [0.29, 0.717) is 23.9 Å². The van der Waals surface area contributed by atoms with Gasteiger partial charge in [0, 0.05) is 32.5 Å². The summed E-state index contributed by atoms with van der Waals surface area (Å²) in [5.74, 6) is 0.0728. The minimum atomic E-state index is -3.57. The van der Waals surface area contributed by atoms with Gasteiger partial charge in [-0.05, 0) is 18.6 Å². The quantitative estimate of drug-likeness (QED) is 0.652. The van der Waals surface area contributed by atoms with E-state index in [1.807, 2.05) is 0 Å². The number of piperidine rings is 1. The monoisotopic (exact) mass is 394 g/mol. The van der Waals surface area contributed by atoms with Gasteiger partial charge in [0.2, 0.25) is 33.6 Å². The second-order valence-electron chi connectivity index (χ2n) is 6.56. The Morgan fingerprint density at radius 2 is 1.93 bits per heavy atom. The molecule has 0 radical (unpaired) electrons.